The second kappa shape index (κ2) is 8.33. The molecule has 2 amide bonds. The van der Waals surface area contributed by atoms with Crippen LogP contribution in [0, 0.1) is 5.92 Å². The fraction of sp³-hybridized carbons (Fsp3) is 0.333. The minimum atomic E-state index is -0.972. The highest BCUT2D eigenvalue weighted by Crippen LogP contribution is 2.33. The van der Waals surface area contributed by atoms with Crippen molar-refractivity contribution in [3.8, 4) is 11.1 Å². The van der Waals surface area contributed by atoms with Gasteiger partial charge in [0.05, 0.1) is 12.7 Å². The molecule has 27 heavy (non-hydrogen) atoms. The summed E-state index contributed by atoms with van der Waals surface area (Å²) in [7, 11) is 1.58. The molecule has 3 N–H and O–H groups in total. The van der Waals surface area contributed by atoms with Crippen LogP contribution in [0.5, 0.6) is 0 Å². The second-order valence-corrected chi connectivity index (χ2v) is 6.91. The number of nitrogens with one attached hydrogen (secondary N) is 1. The number of likely N-dealkylation sites (N-methyl/N-ethyl adjacent to an activating group) is 1. The van der Waals surface area contributed by atoms with Gasteiger partial charge in [0, 0.05) is 36.3 Å². The predicted octanol–water partition coefficient (Wildman–Crippen LogP) is 2.13. The van der Waals surface area contributed by atoms with Crippen LogP contribution in [0.4, 0.5) is 5.69 Å². The molecule has 0 bridgehead atoms. The Morgan fingerprint density at radius 2 is 1.93 bits per heavy atom. The molecule has 0 aromatic heterocycles. The van der Waals surface area contributed by atoms with Gasteiger partial charge in [-0.05, 0) is 36.6 Å². The summed E-state index contributed by atoms with van der Waals surface area (Å²) in [6.45, 7) is -0.348. The van der Waals surface area contributed by atoms with Gasteiger partial charge < -0.3 is 20.4 Å². The normalized spacial score (nSPS) is 14.5. The molecule has 0 radical (unpaired) electrons. The highest BCUT2D eigenvalue weighted by Gasteiger charge is 2.30. The van der Waals surface area contributed by atoms with Crippen LogP contribution in [0.2, 0.25) is 0 Å². The molecule has 0 spiro atoms. The van der Waals surface area contributed by atoms with E-state index in [2.05, 4.69) is 5.32 Å². The Kier molecular flexibility index (Phi) is 5.88. The summed E-state index contributed by atoms with van der Waals surface area (Å²) in [6.07, 6.45) is 0.897. The van der Waals surface area contributed by atoms with Crippen molar-refractivity contribution >= 4 is 17.5 Å². The number of para-hydroxylation sites is 1. The average molecular weight is 368 g/mol. The van der Waals surface area contributed by atoms with Crippen molar-refractivity contribution in [2.75, 3.05) is 25.5 Å². The molecule has 2 aromatic rings. The summed E-state index contributed by atoms with van der Waals surface area (Å²) in [5, 5.41) is 21.5. The lowest BCUT2D eigenvalue weighted by molar-refractivity contribution is -0.117. The van der Waals surface area contributed by atoms with Gasteiger partial charge in [-0.1, -0.05) is 30.3 Å². The standard InChI is InChI=1S/C21H24N2O4/c1-23(12-17(25)13-24)21(27)16-6-4-5-15(11-16)18-7-2-3-8-19(18)22-20(26)14-9-10-14/h2-8,11,14,17,24-25H,9-10,12-13H2,1H3,(H,22,26). The number of anilines is 1. The van der Waals surface area contributed by atoms with Gasteiger partial charge in [-0.3, -0.25) is 9.59 Å². The first-order chi connectivity index (χ1) is 13.0. The first-order valence-corrected chi connectivity index (χ1v) is 9.04. The molecular weight excluding hydrogens is 344 g/mol. The Bertz CT molecular complexity index is 832. The van der Waals surface area contributed by atoms with E-state index in [1.807, 2.05) is 30.3 Å². The maximum absolute atomic E-state index is 12.6. The quantitative estimate of drug-likeness (QED) is 0.698. The van der Waals surface area contributed by atoms with Gasteiger partial charge >= 0.3 is 0 Å². The monoisotopic (exact) mass is 368 g/mol. The predicted molar refractivity (Wildman–Crippen MR) is 103 cm³/mol. The summed E-state index contributed by atoms with van der Waals surface area (Å²) in [6, 6.07) is 14.7. The lowest BCUT2D eigenvalue weighted by Gasteiger charge is -2.20. The van der Waals surface area contributed by atoms with E-state index in [9.17, 15) is 14.7 Å². The number of aliphatic hydroxyl groups excluding tert-OH is 2. The van der Waals surface area contributed by atoms with Crippen LogP contribution in [0.25, 0.3) is 11.1 Å². The van der Waals surface area contributed by atoms with Crippen LogP contribution in [-0.2, 0) is 4.79 Å². The molecule has 1 aliphatic carbocycles. The number of nitrogens with zero attached hydrogens (tertiary/aromatic N) is 1. The molecule has 6 heteroatoms. The summed E-state index contributed by atoms with van der Waals surface area (Å²) in [5.74, 6) is -0.103. The molecule has 142 valence electrons. The van der Waals surface area contributed by atoms with Crippen molar-refractivity contribution in [3.63, 3.8) is 0 Å². The van der Waals surface area contributed by atoms with Crippen molar-refractivity contribution in [2.24, 2.45) is 5.92 Å². The van der Waals surface area contributed by atoms with Gasteiger partial charge in [0.1, 0.15) is 0 Å². The minimum Gasteiger partial charge on any atom is -0.394 e. The van der Waals surface area contributed by atoms with Crippen LogP contribution < -0.4 is 5.32 Å². The molecule has 6 nitrogen and oxygen atoms in total. The van der Waals surface area contributed by atoms with Crippen molar-refractivity contribution in [1.82, 2.24) is 4.90 Å². The molecular formula is C21H24N2O4. The van der Waals surface area contributed by atoms with E-state index >= 15 is 0 Å². The lowest BCUT2D eigenvalue weighted by atomic mass is 10.0. The third-order valence-electron chi connectivity index (χ3n) is 4.60. The molecule has 1 saturated carbocycles. The van der Waals surface area contributed by atoms with Crippen molar-refractivity contribution in [3.05, 3.63) is 54.1 Å². The first kappa shape index (κ1) is 19.1. The Morgan fingerprint density at radius 3 is 2.63 bits per heavy atom. The van der Waals surface area contributed by atoms with Crippen LogP contribution >= 0.6 is 0 Å². The average Bonchev–Trinajstić information content (AvgIpc) is 3.53. The number of hydrogen-bond donors (Lipinski definition) is 3. The highest BCUT2D eigenvalue weighted by molar-refractivity contribution is 5.99. The van der Waals surface area contributed by atoms with E-state index in [4.69, 9.17) is 5.11 Å². The van der Waals surface area contributed by atoms with Crippen molar-refractivity contribution in [1.29, 1.82) is 0 Å². The smallest absolute Gasteiger partial charge is 0.253 e. The van der Waals surface area contributed by atoms with E-state index in [0.717, 1.165) is 29.7 Å². The second-order valence-electron chi connectivity index (χ2n) is 6.91. The number of rotatable bonds is 7. The summed E-state index contributed by atoms with van der Waals surface area (Å²) in [5.41, 5.74) is 2.87. The lowest BCUT2D eigenvalue weighted by Crippen LogP contribution is -2.35. The largest absolute Gasteiger partial charge is 0.394 e. The number of amides is 2. The number of benzene rings is 2. The van der Waals surface area contributed by atoms with Crippen LogP contribution in [0.3, 0.4) is 0 Å². The van der Waals surface area contributed by atoms with Gasteiger partial charge in [-0.15, -0.1) is 0 Å². The van der Waals surface area contributed by atoms with Crippen LogP contribution in [0.15, 0.2) is 48.5 Å². The topological polar surface area (TPSA) is 89.9 Å². The molecule has 2 aromatic carbocycles. The Hall–Kier alpha value is -2.70. The molecule has 0 heterocycles. The maximum Gasteiger partial charge on any atom is 0.253 e. The Labute approximate surface area is 158 Å². The van der Waals surface area contributed by atoms with Gasteiger partial charge in [-0.2, -0.15) is 0 Å². The van der Waals surface area contributed by atoms with E-state index in [0.29, 0.717) is 5.56 Å². The molecule has 1 fully saturated rings. The molecule has 0 saturated heterocycles. The van der Waals surface area contributed by atoms with Crippen LogP contribution in [-0.4, -0.2) is 53.2 Å². The number of carbonyl (C=O) groups is 2. The molecule has 0 aliphatic heterocycles. The molecule has 1 unspecified atom stereocenters. The number of hydrogen-bond acceptors (Lipinski definition) is 4. The first-order valence-electron chi connectivity index (χ1n) is 9.04. The SMILES string of the molecule is CN(CC(O)CO)C(=O)c1cccc(-c2ccccc2NC(=O)C2CC2)c1. The fourth-order valence-electron chi connectivity index (χ4n) is 2.92. The van der Waals surface area contributed by atoms with E-state index in [-0.39, 0.29) is 24.3 Å². The maximum atomic E-state index is 12.6. The molecule has 3 rings (SSSR count). The summed E-state index contributed by atoms with van der Waals surface area (Å²) >= 11 is 0. The van der Waals surface area contributed by atoms with E-state index in [1.54, 1.807) is 25.2 Å². The third-order valence-corrected chi connectivity index (χ3v) is 4.60. The number of aliphatic hydroxyl groups is 2. The van der Waals surface area contributed by atoms with Gasteiger partial charge in [0.15, 0.2) is 0 Å². The zero-order valence-corrected chi connectivity index (χ0v) is 15.3. The Balaban J connectivity index is 1.83. The van der Waals surface area contributed by atoms with E-state index in [1.165, 1.54) is 4.90 Å². The summed E-state index contributed by atoms with van der Waals surface area (Å²) < 4.78 is 0. The fourth-order valence-corrected chi connectivity index (χ4v) is 2.92. The zero-order valence-electron chi connectivity index (χ0n) is 15.3. The minimum absolute atomic E-state index is 0.0346. The Morgan fingerprint density at radius 1 is 1.19 bits per heavy atom. The number of carbonyl (C=O) groups excluding carboxylic acids is 2. The third kappa shape index (κ3) is 4.72. The van der Waals surface area contributed by atoms with Crippen LogP contribution in [0.1, 0.15) is 23.2 Å². The summed E-state index contributed by atoms with van der Waals surface area (Å²) in [4.78, 5) is 26.1. The van der Waals surface area contributed by atoms with Gasteiger partial charge in [0.2, 0.25) is 5.91 Å². The van der Waals surface area contributed by atoms with Crippen molar-refractivity contribution < 1.29 is 19.8 Å². The molecule has 1 atom stereocenters. The highest BCUT2D eigenvalue weighted by atomic mass is 16.3. The zero-order chi connectivity index (χ0) is 19.4. The van der Waals surface area contributed by atoms with Gasteiger partial charge in [0.25, 0.3) is 5.91 Å². The van der Waals surface area contributed by atoms with Crippen molar-refractivity contribution in [2.45, 2.75) is 18.9 Å². The van der Waals surface area contributed by atoms with E-state index < -0.39 is 12.7 Å². The van der Waals surface area contributed by atoms with Gasteiger partial charge in [-0.25, -0.2) is 0 Å². The molecule has 1 aliphatic rings.